The van der Waals surface area contributed by atoms with Crippen molar-refractivity contribution in [2.45, 2.75) is 53.2 Å². The zero-order valence-electron chi connectivity index (χ0n) is 17.8. The quantitative estimate of drug-likeness (QED) is 0.322. The molecule has 1 aliphatic rings. The molecule has 6 nitrogen and oxygen atoms in total. The molecule has 2 N–H and O–H groups in total. The normalized spacial score (nSPS) is 15.3. The molecule has 8 heteroatoms. The van der Waals surface area contributed by atoms with Gasteiger partial charge in [0.1, 0.15) is 17.6 Å². The van der Waals surface area contributed by atoms with Crippen LogP contribution in [0.15, 0.2) is 17.1 Å². The monoisotopic (exact) mass is 530 g/mol. The van der Waals surface area contributed by atoms with Crippen molar-refractivity contribution in [3.8, 4) is 11.5 Å². The highest BCUT2D eigenvalue weighted by molar-refractivity contribution is 14.0. The van der Waals surface area contributed by atoms with Gasteiger partial charge in [0.2, 0.25) is 0 Å². The molecule has 0 aliphatic carbocycles. The molecule has 0 fully saturated rings. The van der Waals surface area contributed by atoms with Crippen molar-refractivity contribution in [1.82, 2.24) is 15.6 Å². The second kappa shape index (κ2) is 11.0. The maximum absolute atomic E-state index is 5.90. The van der Waals surface area contributed by atoms with Gasteiger partial charge in [-0.3, -0.25) is 4.99 Å². The lowest BCUT2D eigenvalue weighted by atomic mass is 10.1. The molecule has 1 aliphatic heterocycles. The van der Waals surface area contributed by atoms with Crippen LogP contribution in [0.3, 0.4) is 0 Å². The summed E-state index contributed by atoms with van der Waals surface area (Å²) in [5.41, 5.74) is 3.42. The molecule has 0 saturated heterocycles. The third kappa shape index (κ3) is 6.21. The van der Waals surface area contributed by atoms with Crippen LogP contribution in [0.5, 0.6) is 11.5 Å². The van der Waals surface area contributed by atoms with Crippen LogP contribution < -0.4 is 20.1 Å². The van der Waals surface area contributed by atoms with Gasteiger partial charge in [0.15, 0.2) is 5.96 Å². The highest BCUT2D eigenvalue weighted by atomic mass is 127. The minimum absolute atomic E-state index is 0. The van der Waals surface area contributed by atoms with Crippen LogP contribution in [-0.4, -0.2) is 37.2 Å². The number of nitrogens with zero attached hydrogens (tertiary/aromatic N) is 2. The van der Waals surface area contributed by atoms with Gasteiger partial charge in [-0.25, -0.2) is 4.98 Å². The summed E-state index contributed by atoms with van der Waals surface area (Å²) in [6, 6.07) is 4.20. The maximum Gasteiger partial charge on any atom is 0.191 e. The number of guanidine groups is 1. The second-order valence-corrected chi connectivity index (χ2v) is 8.27. The number of hydrogen-bond donors (Lipinski definition) is 2. The number of benzene rings is 1. The molecule has 0 bridgehead atoms. The van der Waals surface area contributed by atoms with Crippen molar-refractivity contribution in [3.63, 3.8) is 0 Å². The summed E-state index contributed by atoms with van der Waals surface area (Å²) in [5, 5.41) is 7.89. The van der Waals surface area contributed by atoms with E-state index < -0.39 is 0 Å². The third-order valence-electron chi connectivity index (χ3n) is 4.75. The molecule has 0 amide bonds. The van der Waals surface area contributed by atoms with E-state index in [1.807, 2.05) is 6.92 Å². The first kappa shape index (κ1) is 23.7. The average Bonchev–Trinajstić information content (AvgIpc) is 3.18. The molecule has 2 heterocycles. The molecule has 160 valence electrons. The van der Waals surface area contributed by atoms with Crippen LogP contribution in [0.25, 0.3) is 0 Å². The zero-order chi connectivity index (χ0) is 20.1. The fourth-order valence-corrected chi connectivity index (χ4v) is 4.18. The highest BCUT2D eigenvalue weighted by Gasteiger charge is 2.21. The Labute approximate surface area is 194 Å². The lowest BCUT2D eigenvalue weighted by Crippen LogP contribution is -2.37. The van der Waals surface area contributed by atoms with Gasteiger partial charge in [0.05, 0.1) is 17.3 Å². The van der Waals surface area contributed by atoms with E-state index in [-0.39, 0.29) is 30.1 Å². The predicted molar refractivity (Wildman–Crippen MR) is 130 cm³/mol. The van der Waals surface area contributed by atoms with E-state index in [1.54, 1.807) is 18.4 Å². The van der Waals surface area contributed by atoms with E-state index in [0.717, 1.165) is 53.1 Å². The van der Waals surface area contributed by atoms with Crippen LogP contribution in [0.1, 0.15) is 40.6 Å². The molecule has 1 aromatic carbocycles. The summed E-state index contributed by atoms with van der Waals surface area (Å²) in [7, 11) is 1.78. The van der Waals surface area contributed by atoms with Crippen molar-refractivity contribution < 1.29 is 9.47 Å². The van der Waals surface area contributed by atoms with E-state index in [2.05, 4.69) is 53.5 Å². The summed E-state index contributed by atoms with van der Waals surface area (Å²) >= 11 is 1.76. The molecule has 2 aromatic rings. The van der Waals surface area contributed by atoms with E-state index in [9.17, 15) is 0 Å². The van der Waals surface area contributed by atoms with Crippen LogP contribution in [-0.2, 0) is 19.4 Å². The van der Waals surface area contributed by atoms with Gasteiger partial charge in [0, 0.05) is 49.0 Å². The molecule has 0 radical (unpaired) electrons. The molecule has 1 unspecified atom stereocenters. The number of thiazole rings is 1. The van der Waals surface area contributed by atoms with Crippen LogP contribution in [0, 0.1) is 13.8 Å². The second-order valence-electron chi connectivity index (χ2n) is 6.99. The van der Waals surface area contributed by atoms with Gasteiger partial charge >= 0.3 is 0 Å². The topological polar surface area (TPSA) is 67.8 Å². The summed E-state index contributed by atoms with van der Waals surface area (Å²) in [6.45, 7) is 10.3. The molecule has 0 saturated carbocycles. The van der Waals surface area contributed by atoms with Gasteiger partial charge in [-0.05, 0) is 39.8 Å². The van der Waals surface area contributed by atoms with Crippen LogP contribution in [0.4, 0.5) is 0 Å². The lowest BCUT2D eigenvalue weighted by Gasteiger charge is -2.15. The average molecular weight is 530 g/mol. The van der Waals surface area contributed by atoms with Gasteiger partial charge in [-0.1, -0.05) is 0 Å². The van der Waals surface area contributed by atoms with Crippen molar-refractivity contribution in [2.24, 2.45) is 4.99 Å². The lowest BCUT2D eigenvalue weighted by molar-refractivity contribution is 0.254. The van der Waals surface area contributed by atoms with Crippen LogP contribution in [0.2, 0.25) is 0 Å². The number of rotatable bonds is 7. The Hall–Kier alpha value is -1.55. The predicted octanol–water partition coefficient (Wildman–Crippen LogP) is 4.01. The van der Waals surface area contributed by atoms with E-state index in [4.69, 9.17) is 9.47 Å². The van der Waals surface area contributed by atoms with Gasteiger partial charge in [-0.15, -0.1) is 35.3 Å². The maximum atomic E-state index is 5.90. The summed E-state index contributed by atoms with van der Waals surface area (Å²) < 4.78 is 11.8. The number of halogens is 1. The van der Waals surface area contributed by atoms with E-state index in [1.165, 1.54) is 10.4 Å². The van der Waals surface area contributed by atoms with Crippen molar-refractivity contribution in [3.05, 3.63) is 38.8 Å². The van der Waals surface area contributed by atoms with E-state index in [0.29, 0.717) is 13.2 Å². The first-order valence-corrected chi connectivity index (χ1v) is 10.6. The number of hydrogen-bond acceptors (Lipinski definition) is 5. The number of aryl methyl sites for hydroxylation is 2. The minimum atomic E-state index is 0. The first-order chi connectivity index (χ1) is 13.5. The molecule has 0 spiro atoms. The highest BCUT2D eigenvalue weighted by Crippen LogP contribution is 2.35. The molecule has 29 heavy (non-hydrogen) atoms. The smallest absolute Gasteiger partial charge is 0.191 e. The molecule has 1 atom stereocenters. The zero-order valence-corrected chi connectivity index (χ0v) is 20.9. The number of nitrogens with one attached hydrogen (secondary N) is 2. The third-order valence-corrected chi connectivity index (χ3v) is 5.89. The summed E-state index contributed by atoms with van der Waals surface area (Å²) in [5.74, 6) is 2.64. The molecule has 3 rings (SSSR count). The first-order valence-electron chi connectivity index (χ1n) is 9.82. The van der Waals surface area contributed by atoms with Crippen LogP contribution >= 0.6 is 35.3 Å². The fourth-order valence-electron chi connectivity index (χ4n) is 3.24. The summed E-state index contributed by atoms with van der Waals surface area (Å²) in [6.07, 6.45) is 2.04. The Kier molecular flexibility index (Phi) is 9.01. The number of aliphatic imine (C=N–C) groups is 1. The number of fused-ring (bicyclic) bond motifs is 1. The molecule has 1 aromatic heterocycles. The van der Waals surface area contributed by atoms with Crippen molar-refractivity contribution in [1.29, 1.82) is 0 Å². The number of ether oxygens (including phenoxy) is 2. The molecular weight excluding hydrogens is 499 g/mol. The van der Waals surface area contributed by atoms with Crippen molar-refractivity contribution >= 4 is 41.3 Å². The number of aromatic nitrogens is 1. The standard InChI is InChI=1S/C21H30N4O2S.HI/c1-6-26-18-10-16-9-13(2)27-19(16)11-17(18)12-24-21(22-5)23-8-7-20-25-14(3)15(4)28-20;/h10-11,13H,6-9,12H2,1-5H3,(H2,22,23,24);1H. The van der Waals surface area contributed by atoms with E-state index >= 15 is 0 Å². The fraction of sp³-hybridized carbons (Fsp3) is 0.524. The Morgan fingerprint density at radius 3 is 2.79 bits per heavy atom. The SMILES string of the molecule is CCOc1cc2c(cc1CNC(=NC)NCCc1nc(C)c(C)s1)OC(C)C2.I. The Bertz CT molecular complexity index is 834. The summed E-state index contributed by atoms with van der Waals surface area (Å²) in [4.78, 5) is 10.2. The largest absolute Gasteiger partial charge is 0.494 e. The van der Waals surface area contributed by atoms with Gasteiger partial charge < -0.3 is 20.1 Å². The van der Waals surface area contributed by atoms with Gasteiger partial charge in [-0.2, -0.15) is 0 Å². The molecular formula is C21H31IN4O2S. The van der Waals surface area contributed by atoms with Crippen molar-refractivity contribution in [2.75, 3.05) is 20.2 Å². The Morgan fingerprint density at radius 2 is 2.14 bits per heavy atom. The Morgan fingerprint density at radius 1 is 1.34 bits per heavy atom. The minimum Gasteiger partial charge on any atom is -0.494 e. The Balaban J connectivity index is 0.00000300. The van der Waals surface area contributed by atoms with Gasteiger partial charge in [0.25, 0.3) is 0 Å².